The molecule has 1 aliphatic heterocycles. The van der Waals surface area contributed by atoms with Crippen molar-refractivity contribution in [1.82, 2.24) is 14.3 Å². The van der Waals surface area contributed by atoms with Gasteiger partial charge in [0.15, 0.2) is 0 Å². The predicted octanol–water partition coefficient (Wildman–Crippen LogP) is 4.97. The molecule has 1 unspecified atom stereocenters. The molecule has 3 aromatic rings. The van der Waals surface area contributed by atoms with Crippen LogP contribution in [0, 0.1) is 6.92 Å². The molecule has 30 heavy (non-hydrogen) atoms. The Bertz CT molecular complexity index is 999. The van der Waals surface area contributed by atoms with Crippen LogP contribution in [0.2, 0.25) is 0 Å². The Hall–Kier alpha value is -2.47. The number of rotatable bonds is 6. The Balaban J connectivity index is 1.38. The first kappa shape index (κ1) is 20.8. The third-order valence-electron chi connectivity index (χ3n) is 5.53. The number of likely N-dealkylation sites (tertiary alicyclic amines) is 1. The average molecular weight is 424 g/mol. The molecular weight excluding hydrogens is 394 g/mol. The van der Waals surface area contributed by atoms with Crippen LogP contribution < -0.4 is 4.74 Å². The first-order valence-electron chi connectivity index (χ1n) is 10.7. The van der Waals surface area contributed by atoms with E-state index in [1.54, 1.807) is 0 Å². The molecule has 1 fully saturated rings. The summed E-state index contributed by atoms with van der Waals surface area (Å²) in [5.41, 5.74) is 3.70. The summed E-state index contributed by atoms with van der Waals surface area (Å²) in [4.78, 5) is 19.7. The van der Waals surface area contributed by atoms with E-state index in [1.165, 1.54) is 12.8 Å². The van der Waals surface area contributed by atoms with E-state index in [4.69, 9.17) is 4.74 Å². The van der Waals surface area contributed by atoms with Gasteiger partial charge in [-0.05, 0) is 61.4 Å². The van der Waals surface area contributed by atoms with Crippen LogP contribution in [0.4, 0.5) is 0 Å². The predicted molar refractivity (Wildman–Crippen MR) is 122 cm³/mol. The number of thioether (sulfide) groups is 1. The van der Waals surface area contributed by atoms with Crippen molar-refractivity contribution >= 4 is 23.3 Å². The van der Waals surface area contributed by atoms with E-state index in [9.17, 15) is 4.79 Å². The molecule has 5 nitrogen and oxygen atoms in total. The number of amides is 1. The van der Waals surface area contributed by atoms with Gasteiger partial charge in [-0.2, -0.15) is 11.8 Å². The maximum absolute atomic E-state index is 13.0. The zero-order chi connectivity index (χ0) is 20.9. The van der Waals surface area contributed by atoms with Gasteiger partial charge in [-0.15, -0.1) is 0 Å². The second-order valence-corrected chi connectivity index (χ2v) is 9.37. The van der Waals surface area contributed by atoms with E-state index in [1.807, 2.05) is 63.8 Å². The second-order valence-electron chi connectivity index (χ2n) is 7.79. The monoisotopic (exact) mass is 423 g/mol. The van der Waals surface area contributed by atoms with E-state index in [0.717, 1.165) is 53.5 Å². The van der Waals surface area contributed by atoms with Crippen LogP contribution in [0.3, 0.4) is 0 Å². The third kappa shape index (κ3) is 4.81. The van der Waals surface area contributed by atoms with Crippen LogP contribution in [0.25, 0.3) is 5.65 Å². The summed E-state index contributed by atoms with van der Waals surface area (Å²) < 4.78 is 7.92. The highest BCUT2D eigenvalue weighted by Crippen LogP contribution is 2.24. The number of fused-ring (bicyclic) bond motifs is 1. The number of benzene rings is 1. The highest BCUT2D eigenvalue weighted by atomic mass is 32.2. The van der Waals surface area contributed by atoms with E-state index < -0.39 is 0 Å². The normalized spacial score (nSPS) is 17.1. The molecule has 0 spiro atoms. The van der Waals surface area contributed by atoms with Gasteiger partial charge in [-0.25, -0.2) is 4.98 Å². The minimum absolute atomic E-state index is 0.126. The number of aryl methyl sites for hydroxylation is 1. The van der Waals surface area contributed by atoms with Gasteiger partial charge >= 0.3 is 0 Å². The molecule has 3 heterocycles. The number of hydrogen-bond donors (Lipinski definition) is 0. The SMILES string of the molecule is CCSC1CCCCN(C(=O)c2ccc(OCc3cn4cccc(C)c4n3)cc2)C1. The minimum Gasteiger partial charge on any atom is -0.487 e. The van der Waals surface area contributed by atoms with Crippen LogP contribution in [-0.4, -0.2) is 44.3 Å². The number of imidazole rings is 1. The van der Waals surface area contributed by atoms with E-state index in [0.29, 0.717) is 11.9 Å². The lowest BCUT2D eigenvalue weighted by atomic mass is 10.2. The number of hydrogen-bond acceptors (Lipinski definition) is 4. The van der Waals surface area contributed by atoms with E-state index in [-0.39, 0.29) is 5.91 Å². The number of ether oxygens (including phenoxy) is 1. The molecule has 158 valence electrons. The molecule has 6 heteroatoms. The van der Waals surface area contributed by atoms with Crippen molar-refractivity contribution in [3.63, 3.8) is 0 Å². The summed E-state index contributed by atoms with van der Waals surface area (Å²) in [5.74, 6) is 1.97. The van der Waals surface area contributed by atoms with Gasteiger partial charge in [0.2, 0.25) is 0 Å². The second kappa shape index (κ2) is 9.56. The lowest BCUT2D eigenvalue weighted by molar-refractivity contribution is 0.0763. The molecule has 1 aromatic carbocycles. The lowest BCUT2D eigenvalue weighted by Gasteiger charge is -2.24. The number of nitrogens with zero attached hydrogens (tertiary/aromatic N) is 3. The van der Waals surface area contributed by atoms with Gasteiger partial charge in [0.25, 0.3) is 5.91 Å². The Morgan fingerprint density at radius 2 is 2.07 bits per heavy atom. The maximum Gasteiger partial charge on any atom is 0.253 e. The Labute approximate surface area is 182 Å². The summed E-state index contributed by atoms with van der Waals surface area (Å²) in [6.45, 7) is 6.34. The molecule has 4 rings (SSSR count). The molecule has 0 aliphatic carbocycles. The summed E-state index contributed by atoms with van der Waals surface area (Å²) in [5, 5.41) is 0.554. The van der Waals surface area contributed by atoms with Gasteiger partial charge in [0, 0.05) is 36.3 Å². The maximum atomic E-state index is 13.0. The zero-order valence-electron chi connectivity index (χ0n) is 17.7. The Kier molecular flexibility index (Phi) is 6.62. The Morgan fingerprint density at radius 3 is 2.83 bits per heavy atom. The van der Waals surface area contributed by atoms with Crippen LogP contribution in [0.1, 0.15) is 47.8 Å². The van der Waals surface area contributed by atoms with Crippen molar-refractivity contribution in [2.75, 3.05) is 18.8 Å². The number of carbonyl (C=O) groups is 1. The molecule has 0 bridgehead atoms. The van der Waals surface area contributed by atoms with Crippen molar-refractivity contribution in [3.8, 4) is 5.75 Å². The standard InChI is InChI=1S/C24H29N3O2S/c1-3-30-22-8-4-5-13-27(16-22)24(28)19-9-11-21(12-10-19)29-17-20-15-26-14-6-7-18(2)23(26)25-20/h6-7,9-12,14-15,22H,3-5,8,13,16-17H2,1-2H3. The van der Waals surface area contributed by atoms with Crippen molar-refractivity contribution in [2.45, 2.75) is 45.0 Å². The van der Waals surface area contributed by atoms with Crippen molar-refractivity contribution in [3.05, 3.63) is 65.6 Å². The average Bonchev–Trinajstić information content (AvgIpc) is 3.05. The molecule has 0 radical (unpaired) electrons. The highest BCUT2D eigenvalue weighted by molar-refractivity contribution is 7.99. The van der Waals surface area contributed by atoms with Crippen molar-refractivity contribution in [1.29, 1.82) is 0 Å². The summed E-state index contributed by atoms with van der Waals surface area (Å²) in [6, 6.07) is 11.6. The van der Waals surface area contributed by atoms with Gasteiger partial charge in [-0.1, -0.05) is 19.4 Å². The van der Waals surface area contributed by atoms with Gasteiger partial charge in [0.1, 0.15) is 18.0 Å². The summed E-state index contributed by atoms with van der Waals surface area (Å²) >= 11 is 1.97. The molecule has 1 saturated heterocycles. The fourth-order valence-electron chi connectivity index (χ4n) is 3.97. The summed E-state index contributed by atoms with van der Waals surface area (Å²) in [6.07, 6.45) is 7.48. The molecular formula is C24H29N3O2S. The third-order valence-corrected chi connectivity index (χ3v) is 6.72. The van der Waals surface area contributed by atoms with E-state index in [2.05, 4.69) is 24.9 Å². The molecule has 0 saturated carbocycles. The fraction of sp³-hybridized carbons (Fsp3) is 0.417. The molecule has 1 amide bonds. The quantitative estimate of drug-likeness (QED) is 0.562. The number of carbonyl (C=O) groups excluding carboxylic acids is 1. The summed E-state index contributed by atoms with van der Waals surface area (Å²) in [7, 11) is 0. The van der Waals surface area contributed by atoms with Crippen LogP contribution in [0.5, 0.6) is 5.75 Å². The molecule has 0 N–H and O–H groups in total. The Morgan fingerprint density at radius 1 is 1.23 bits per heavy atom. The van der Waals surface area contributed by atoms with Crippen molar-refractivity contribution < 1.29 is 9.53 Å². The largest absolute Gasteiger partial charge is 0.487 e. The highest BCUT2D eigenvalue weighted by Gasteiger charge is 2.23. The lowest BCUT2D eigenvalue weighted by Crippen LogP contribution is -2.35. The molecule has 1 aliphatic rings. The topological polar surface area (TPSA) is 46.8 Å². The fourth-order valence-corrected chi connectivity index (χ4v) is 5.06. The first-order chi connectivity index (χ1) is 14.6. The van der Waals surface area contributed by atoms with Gasteiger partial charge in [-0.3, -0.25) is 4.79 Å². The van der Waals surface area contributed by atoms with Crippen LogP contribution in [-0.2, 0) is 6.61 Å². The first-order valence-corrected chi connectivity index (χ1v) is 11.8. The van der Waals surface area contributed by atoms with Gasteiger partial charge in [0.05, 0.1) is 5.69 Å². The smallest absolute Gasteiger partial charge is 0.253 e. The minimum atomic E-state index is 0.126. The zero-order valence-corrected chi connectivity index (χ0v) is 18.5. The number of pyridine rings is 1. The van der Waals surface area contributed by atoms with E-state index >= 15 is 0 Å². The van der Waals surface area contributed by atoms with Gasteiger partial charge < -0.3 is 14.0 Å². The molecule has 1 atom stereocenters. The van der Waals surface area contributed by atoms with Crippen LogP contribution >= 0.6 is 11.8 Å². The van der Waals surface area contributed by atoms with Crippen molar-refractivity contribution in [2.24, 2.45) is 0 Å². The number of aromatic nitrogens is 2. The molecule has 2 aromatic heterocycles. The van der Waals surface area contributed by atoms with Crippen LogP contribution in [0.15, 0.2) is 48.8 Å².